The number of rotatable bonds is 2. The maximum Gasteiger partial charge on any atom is 0.214 e. The number of fused-ring (bicyclic) bond motifs is 3. The second-order valence-corrected chi connectivity index (χ2v) is 7.94. The Balaban J connectivity index is 1.64. The van der Waals surface area contributed by atoms with E-state index in [2.05, 4.69) is 72.8 Å². The monoisotopic (exact) mass is 360 g/mol. The van der Waals surface area contributed by atoms with Gasteiger partial charge in [-0.05, 0) is 36.9 Å². The molecule has 5 rings (SSSR count). The Morgan fingerprint density at radius 1 is 1.04 bits per heavy atom. The largest absolute Gasteiger partial charge is 0.464 e. The second kappa shape index (κ2) is 5.99. The molecule has 0 N–H and O–H groups in total. The summed E-state index contributed by atoms with van der Waals surface area (Å²) >= 11 is 1.75. The summed E-state index contributed by atoms with van der Waals surface area (Å²) in [7, 11) is 0. The van der Waals surface area contributed by atoms with Crippen molar-refractivity contribution in [2.75, 3.05) is 0 Å². The summed E-state index contributed by atoms with van der Waals surface area (Å²) in [6.07, 6.45) is 0.731. The first-order valence-electron chi connectivity index (χ1n) is 8.93. The number of hydrogen-bond acceptors (Lipinski definition) is 4. The number of hydrazone groups is 1. The molecule has 4 heteroatoms. The van der Waals surface area contributed by atoms with E-state index in [1.54, 1.807) is 11.3 Å². The third-order valence-electron chi connectivity index (χ3n) is 5.21. The van der Waals surface area contributed by atoms with Gasteiger partial charge in [0.15, 0.2) is 0 Å². The SMILES string of the molecule is Cc1ccc(C)c([C@H]2Oc3ccccc3[C@H]3CC(c4cccs4)=NN32)c1. The van der Waals surface area contributed by atoms with Crippen molar-refractivity contribution in [3.63, 3.8) is 0 Å². The van der Waals surface area contributed by atoms with Crippen LogP contribution in [0.2, 0.25) is 0 Å². The number of nitrogens with zero attached hydrogens (tertiary/aromatic N) is 2. The molecule has 0 amide bonds. The van der Waals surface area contributed by atoms with Crippen molar-refractivity contribution < 1.29 is 4.74 Å². The van der Waals surface area contributed by atoms with Crippen molar-refractivity contribution in [1.82, 2.24) is 5.01 Å². The van der Waals surface area contributed by atoms with Gasteiger partial charge in [-0.1, -0.05) is 48.0 Å². The smallest absolute Gasteiger partial charge is 0.214 e. The molecule has 130 valence electrons. The Morgan fingerprint density at radius 2 is 1.92 bits per heavy atom. The first-order valence-corrected chi connectivity index (χ1v) is 9.81. The number of benzene rings is 2. The van der Waals surface area contributed by atoms with Gasteiger partial charge in [0.1, 0.15) is 5.75 Å². The third kappa shape index (κ3) is 2.44. The zero-order valence-electron chi connectivity index (χ0n) is 14.8. The van der Waals surface area contributed by atoms with Crippen LogP contribution in [0.4, 0.5) is 0 Å². The van der Waals surface area contributed by atoms with Crippen LogP contribution in [-0.2, 0) is 0 Å². The van der Waals surface area contributed by atoms with Gasteiger partial charge in [-0.3, -0.25) is 0 Å². The molecule has 0 fully saturated rings. The van der Waals surface area contributed by atoms with Gasteiger partial charge in [0.25, 0.3) is 0 Å². The molecule has 0 spiro atoms. The summed E-state index contributed by atoms with van der Waals surface area (Å²) in [5.41, 5.74) is 6.05. The second-order valence-electron chi connectivity index (χ2n) is 6.99. The maximum absolute atomic E-state index is 6.46. The molecule has 0 bridgehead atoms. The molecule has 26 heavy (non-hydrogen) atoms. The van der Waals surface area contributed by atoms with Crippen LogP contribution in [0.3, 0.4) is 0 Å². The minimum absolute atomic E-state index is 0.188. The van der Waals surface area contributed by atoms with Gasteiger partial charge in [0.2, 0.25) is 6.23 Å². The Labute approximate surface area is 157 Å². The van der Waals surface area contributed by atoms with Gasteiger partial charge >= 0.3 is 0 Å². The molecule has 3 aromatic rings. The van der Waals surface area contributed by atoms with E-state index >= 15 is 0 Å². The van der Waals surface area contributed by atoms with Gasteiger partial charge in [-0.2, -0.15) is 5.10 Å². The molecule has 0 saturated heterocycles. The predicted octanol–water partition coefficient (Wildman–Crippen LogP) is 5.61. The lowest BCUT2D eigenvalue weighted by molar-refractivity contribution is -0.0194. The highest BCUT2D eigenvalue weighted by Crippen LogP contribution is 2.48. The van der Waals surface area contributed by atoms with Crippen LogP contribution >= 0.6 is 11.3 Å². The van der Waals surface area contributed by atoms with Gasteiger partial charge in [0.05, 0.1) is 16.6 Å². The number of para-hydroxylation sites is 1. The van der Waals surface area contributed by atoms with Gasteiger partial charge in [0, 0.05) is 17.5 Å². The average molecular weight is 360 g/mol. The fraction of sp³-hybridized carbons (Fsp3) is 0.227. The summed E-state index contributed by atoms with van der Waals surface area (Å²) in [5, 5.41) is 9.29. The van der Waals surface area contributed by atoms with Crippen molar-refractivity contribution in [3.05, 3.63) is 87.1 Å². The van der Waals surface area contributed by atoms with Crippen molar-refractivity contribution in [2.45, 2.75) is 32.5 Å². The van der Waals surface area contributed by atoms with Crippen molar-refractivity contribution in [2.24, 2.45) is 5.10 Å². The van der Waals surface area contributed by atoms with Crippen LogP contribution in [0.25, 0.3) is 0 Å². The number of hydrogen-bond donors (Lipinski definition) is 0. The number of thiophene rings is 1. The zero-order chi connectivity index (χ0) is 17.7. The van der Waals surface area contributed by atoms with E-state index in [9.17, 15) is 0 Å². The molecular weight excluding hydrogens is 340 g/mol. The van der Waals surface area contributed by atoms with Gasteiger partial charge in [-0.15, -0.1) is 11.3 Å². The summed E-state index contributed by atoms with van der Waals surface area (Å²) in [4.78, 5) is 1.25. The molecule has 2 aliphatic heterocycles. The minimum atomic E-state index is -0.188. The van der Waals surface area contributed by atoms with E-state index in [1.807, 2.05) is 6.07 Å². The fourth-order valence-corrected chi connectivity index (χ4v) is 4.58. The maximum atomic E-state index is 6.46. The van der Waals surface area contributed by atoms with E-state index < -0.39 is 0 Å². The first-order chi connectivity index (χ1) is 12.7. The first kappa shape index (κ1) is 15.6. The quantitative estimate of drug-likeness (QED) is 0.593. The van der Waals surface area contributed by atoms with E-state index in [0.717, 1.165) is 17.9 Å². The lowest BCUT2D eigenvalue weighted by Gasteiger charge is -2.38. The molecule has 3 heterocycles. The molecule has 2 aromatic carbocycles. The highest BCUT2D eigenvalue weighted by molar-refractivity contribution is 7.12. The van der Waals surface area contributed by atoms with E-state index in [0.29, 0.717) is 0 Å². The van der Waals surface area contributed by atoms with E-state index in [4.69, 9.17) is 9.84 Å². The molecule has 0 radical (unpaired) electrons. The van der Waals surface area contributed by atoms with E-state index in [-0.39, 0.29) is 12.3 Å². The molecule has 0 unspecified atom stereocenters. The van der Waals surface area contributed by atoms with Crippen LogP contribution in [0.15, 0.2) is 65.1 Å². The molecule has 0 saturated carbocycles. The molecule has 3 nitrogen and oxygen atoms in total. The number of ether oxygens (including phenoxy) is 1. The Morgan fingerprint density at radius 3 is 2.77 bits per heavy atom. The van der Waals surface area contributed by atoms with Crippen molar-refractivity contribution in [1.29, 1.82) is 0 Å². The summed E-state index contributed by atoms with van der Waals surface area (Å²) < 4.78 is 6.46. The third-order valence-corrected chi connectivity index (χ3v) is 6.12. The number of aryl methyl sites for hydroxylation is 2. The topological polar surface area (TPSA) is 24.8 Å². The predicted molar refractivity (Wildman–Crippen MR) is 106 cm³/mol. The molecule has 2 aliphatic rings. The standard InChI is InChI=1S/C22H20N2OS/c1-14-9-10-15(2)17(12-14)22-24-19(16-6-3-4-7-20(16)25-22)13-18(23-24)21-8-5-11-26-21/h3-12,19,22H,13H2,1-2H3/t19-,22-/m1/s1. The minimum Gasteiger partial charge on any atom is -0.464 e. The average Bonchev–Trinajstić information content (AvgIpc) is 3.32. The van der Waals surface area contributed by atoms with E-state index in [1.165, 1.54) is 27.1 Å². The van der Waals surface area contributed by atoms with Crippen molar-refractivity contribution >= 4 is 17.0 Å². The summed E-state index contributed by atoms with van der Waals surface area (Å²) in [6.45, 7) is 4.27. The normalized spacial score (nSPS) is 21.0. The lowest BCUT2D eigenvalue weighted by Crippen LogP contribution is -2.34. The molecule has 1 aromatic heterocycles. The molecular formula is C22H20N2OS. The Kier molecular flexibility index (Phi) is 3.61. The van der Waals surface area contributed by atoms with Crippen LogP contribution < -0.4 is 4.74 Å². The van der Waals surface area contributed by atoms with Gasteiger partial charge < -0.3 is 4.74 Å². The molecule has 2 atom stereocenters. The van der Waals surface area contributed by atoms with Crippen molar-refractivity contribution in [3.8, 4) is 5.75 Å². The highest BCUT2D eigenvalue weighted by atomic mass is 32.1. The van der Waals surface area contributed by atoms with Crippen LogP contribution in [0.1, 0.15) is 45.8 Å². The van der Waals surface area contributed by atoms with Crippen LogP contribution in [-0.4, -0.2) is 10.7 Å². The molecule has 0 aliphatic carbocycles. The Hall–Kier alpha value is -2.59. The summed E-state index contributed by atoms with van der Waals surface area (Å²) in [5.74, 6) is 0.974. The highest BCUT2D eigenvalue weighted by Gasteiger charge is 2.41. The zero-order valence-corrected chi connectivity index (χ0v) is 15.7. The summed E-state index contributed by atoms with van der Waals surface area (Å²) in [6, 6.07) is 19.4. The lowest BCUT2D eigenvalue weighted by atomic mass is 9.96. The Bertz CT molecular complexity index is 993. The van der Waals surface area contributed by atoms with Crippen LogP contribution in [0, 0.1) is 13.8 Å². The van der Waals surface area contributed by atoms with Gasteiger partial charge in [-0.25, -0.2) is 5.01 Å². The van der Waals surface area contributed by atoms with Crippen LogP contribution in [0.5, 0.6) is 5.75 Å². The fourth-order valence-electron chi connectivity index (χ4n) is 3.86.